The number of hydrogen-bond donors (Lipinski definition) is 2. The molecule has 0 saturated heterocycles. The fourth-order valence-corrected chi connectivity index (χ4v) is 1.14. The van der Waals surface area contributed by atoms with Crippen LogP contribution in [0, 0.1) is 0 Å². The van der Waals surface area contributed by atoms with E-state index >= 15 is 0 Å². The number of hydrogen-bond acceptors (Lipinski definition) is 2. The van der Waals surface area contributed by atoms with Gasteiger partial charge in [0, 0.05) is 4.47 Å². The van der Waals surface area contributed by atoms with Gasteiger partial charge >= 0.3 is 6.03 Å². The Labute approximate surface area is 90.6 Å². The maximum Gasteiger partial charge on any atom is 0.312 e. The first-order chi connectivity index (χ1) is 6.68. The second kappa shape index (κ2) is 5.49. The molecule has 0 fully saturated rings. The molecule has 0 unspecified atom stereocenters. The number of ether oxygens (including phenoxy) is 1. The first-order valence-corrected chi connectivity index (χ1v) is 4.89. The van der Waals surface area contributed by atoms with Crippen LogP contribution < -0.4 is 15.8 Å². The lowest BCUT2D eigenvalue weighted by molar-refractivity contribution is 0.244. The number of primary amides is 1. The molecule has 2 amide bonds. The Morgan fingerprint density at radius 1 is 1.43 bits per heavy atom. The van der Waals surface area contributed by atoms with Gasteiger partial charge in [0.05, 0.1) is 6.54 Å². The Balaban J connectivity index is 2.25. The van der Waals surface area contributed by atoms with Crippen LogP contribution >= 0.6 is 15.9 Å². The number of carbonyl (C=O) groups excluding carboxylic acids is 1. The molecular formula is C9H11BrN2O2. The molecule has 0 bridgehead atoms. The molecule has 0 aliphatic carbocycles. The van der Waals surface area contributed by atoms with E-state index in [1.807, 2.05) is 24.3 Å². The number of carbonyl (C=O) groups is 1. The summed E-state index contributed by atoms with van der Waals surface area (Å²) in [6, 6.07) is 6.92. The summed E-state index contributed by atoms with van der Waals surface area (Å²) in [5, 5.41) is 2.43. The molecule has 0 heterocycles. The lowest BCUT2D eigenvalue weighted by Crippen LogP contribution is -2.32. The van der Waals surface area contributed by atoms with Crippen LogP contribution in [0.4, 0.5) is 4.79 Å². The largest absolute Gasteiger partial charge is 0.492 e. The van der Waals surface area contributed by atoms with Crippen LogP contribution in [-0.2, 0) is 0 Å². The van der Waals surface area contributed by atoms with Crippen molar-refractivity contribution in [1.29, 1.82) is 0 Å². The quantitative estimate of drug-likeness (QED) is 0.804. The predicted molar refractivity (Wildman–Crippen MR) is 57.2 cm³/mol. The summed E-state index contributed by atoms with van der Waals surface area (Å²) >= 11 is 3.32. The first-order valence-electron chi connectivity index (χ1n) is 4.10. The van der Waals surface area contributed by atoms with Gasteiger partial charge in [-0.3, -0.25) is 0 Å². The van der Waals surface area contributed by atoms with Crippen molar-refractivity contribution in [2.75, 3.05) is 13.2 Å². The molecule has 76 valence electrons. The maximum atomic E-state index is 10.3. The standard InChI is InChI=1S/C9H11BrN2O2/c10-7-1-3-8(4-2-7)14-6-5-12-9(11)13/h1-4H,5-6H2,(H3,11,12,13). The Hall–Kier alpha value is -1.23. The van der Waals surface area contributed by atoms with Crippen LogP contribution in [0.15, 0.2) is 28.7 Å². The summed E-state index contributed by atoms with van der Waals surface area (Å²) in [6.07, 6.45) is 0. The monoisotopic (exact) mass is 258 g/mol. The van der Waals surface area contributed by atoms with Crippen molar-refractivity contribution in [3.63, 3.8) is 0 Å². The van der Waals surface area contributed by atoms with Crippen LogP contribution in [0.5, 0.6) is 5.75 Å². The minimum Gasteiger partial charge on any atom is -0.492 e. The summed E-state index contributed by atoms with van der Waals surface area (Å²) < 4.78 is 6.32. The van der Waals surface area contributed by atoms with Crippen molar-refractivity contribution in [2.45, 2.75) is 0 Å². The summed E-state index contributed by atoms with van der Waals surface area (Å²) in [5.74, 6) is 0.763. The number of urea groups is 1. The maximum absolute atomic E-state index is 10.3. The van der Waals surface area contributed by atoms with Gasteiger partial charge in [0.2, 0.25) is 0 Å². The Morgan fingerprint density at radius 2 is 2.07 bits per heavy atom. The third-order valence-electron chi connectivity index (χ3n) is 1.48. The van der Waals surface area contributed by atoms with Gasteiger partial charge in [-0.05, 0) is 24.3 Å². The molecule has 14 heavy (non-hydrogen) atoms. The molecule has 0 saturated carbocycles. The van der Waals surface area contributed by atoms with E-state index < -0.39 is 6.03 Å². The normalized spacial score (nSPS) is 9.50. The predicted octanol–water partition coefficient (Wildman–Crippen LogP) is 1.50. The van der Waals surface area contributed by atoms with Crippen LogP contribution in [0.1, 0.15) is 0 Å². The molecule has 0 spiro atoms. The number of halogens is 1. The van der Waals surface area contributed by atoms with Crippen molar-refractivity contribution in [3.05, 3.63) is 28.7 Å². The Bertz CT molecular complexity index is 300. The molecule has 0 atom stereocenters. The summed E-state index contributed by atoms with van der Waals surface area (Å²) in [7, 11) is 0. The van der Waals surface area contributed by atoms with Gasteiger partial charge in [-0.2, -0.15) is 0 Å². The van der Waals surface area contributed by atoms with Gasteiger partial charge in [-0.25, -0.2) is 4.79 Å². The topological polar surface area (TPSA) is 64.4 Å². The van der Waals surface area contributed by atoms with E-state index in [0.29, 0.717) is 13.2 Å². The van der Waals surface area contributed by atoms with E-state index in [9.17, 15) is 4.79 Å². The number of rotatable bonds is 4. The number of benzene rings is 1. The Morgan fingerprint density at radius 3 is 2.64 bits per heavy atom. The highest BCUT2D eigenvalue weighted by atomic mass is 79.9. The van der Waals surface area contributed by atoms with Gasteiger partial charge < -0.3 is 15.8 Å². The summed E-state index contributed by atoms with van der Waals surface area (Å²) in [6.45, 7) is 0.815. The van der Waals surface area contributed by atoms with Gasteiger partial charge in [0.1, 0.15) is 12.4 Å². The third kappa shape index (κ3) is 4.13. The second-order valence-corrected chi connectivity index (χ2v) is 3.51. The molecular weight excluding hydrogens is 248 g/mol. The van der Waals surface area contributed by atoms with Crippen molar-refractivity contribution < 1.29 is 9.53 Å². The third-order valence-corrected chi connectivity index (χ3v) is 2.01. The average molecular weight is 259 g/mol. The summed E-state index contributed by atoms with van der Waals surface area (Å²) in [5.41, 5.74) is 4.88. The zero-order chi connectivity index (χ0) is 10.4. The van der Waals surface area contributed by atoms with Crippen molar-refractivity contribution in [1.82, 2.24) is 5.32 Å². The minimum atomic E-state index is -0.538. The lowest BCUT2D eigenvalue weighted by atomic mass is 10.3. The van der Waals surface area contributed by atoms with E-state index in [1.165, 1.54) is 0 Å². The summed E-state index contributed by atoms with van der Waals surface area (Å²) in [4.78, 5) is 10.3. The van der Waals surface area contributed by atoms with Crippen LogP contribution in [-0.4, -0.2) is 19.2 Å². The SMILES string of the molecule is NC(=O)NCCOc1ccc(Br)cc1. The zero-order valence-corrected chi connectivity index (χ0v) is 9.08. The van der Waals surface area contributed by atoms with Crippen molar-refractivity contribution in [2.24, 2.45) is 5.73 Å². The van der Waals surface area contributed by atoms with E-state index in [2.05, 4.69) is 21.2 Å². The van der Waals surface area contributed by atoms with Crippen LogP contribution in [0.25, 0.3) is 0 Å². The van der Waals surface area contributed by atoms with E-state index in [1.54, 1.807) is 0 Å². The lowest BCUT2D eigenvalue weighted by Gasteiger charge is -2.05. The van der Waals surface area contributed by atoms with Crippen molar-refractivity contribution in [3.8, 4) is 5.75 Å². The molecule has 1 rings (SSSR count). The van der Waals surface area contributed by atoms with Crippen molar-refractivity contribution >= 4 is 22.0 Å². The van der Waals surface area contributed by atoms with Gasteiger partial charge in [-0.1, -0.05) is 15.9 Å². The van der Waals surface area contributed by atoms with E-state index in [4.69, 9.17) is 10.5 Å². The van der Waals surface area contributed by atoms with Gasteiger partial charge in [0.15, 0.2) is 0 Å². The molecule has 3 N–H and O–H groups in total. The fourth-order valence-electron chi connectivity index (χ4n) is 0.874. The molecule has 0 aromatic heterocycles. The minimum absolute atomic E-state index is 0.407. The first kappa shape index (κ1) is 10.8. The molecule has 1 aromatic rings. The van der Waals surface area contributed by atoms with Gasteiger partial charge in [-0.15, -0.1) is 0 Å². The molecule has 0 aliphatic heterocycles. The molecule has 1 aromatic carbocycles. The highest BCUT2D eigenvalue weighted by Gasteiger charge is 1.94. The van der Waals surface area contributed by atoms with Crippen LogP contribution in [0.3, 0.4) is 0 Å². The van der Waals surface area contributed by atoms with E-state index in [0.717, 1.165) is 10.2 Å². The highest BCUT2D eigenvalue weighted by molar-refractivity contribution is 9.10. The number of amides is 2. The average Bonchev–Trinajstić information content (AvgIpc) is 2.15. The fraction of sp³-hybridized carbons (Fsp3) is 0.222. The second-order valence-electron chi connectivity index (χ2n) is 2.59. The Kier molecular flexibility index (Phi) is 4.25. The van der Waals surface area contributed by atoms with Crippen LogP contribution in [0.2, 0.25) is 0 Å². The molecule has 5 heteroatoms. The number of nitrogens with two attached hydrogens (primary N) is 1. The van der Waals surface area contributed by atoms with E-state index in [-0.39, 0.29) is 0 Å². The molecule has 0 aliphatic rings. The highest BCUT2D eigenvalue weighted by Crippen LogP contribution is 2.15. The van der Waals surface area contributed by atoms with Gasteiger partial charge in [0.25, 0.3) is 0 Å². The molecule has 0 radical (unpaired) electrons. The zero-order valence-electron chi connectivity index (χ0n) is 7.50. The number of nitrogens with one attached hydrogen (secondary N) is 1. The molecule has 4 nitrogen and oxygen atoms in total. The smallest absolute Gasteiger partial charge is 0.312 e.